The van der Waals surface area contributed by atoms with E-state index in [4.69, 9.17) is 22.6 Å². The molecule has 0 aliphatic heterocycles. The topological polar surface area (TPSA) is 96.0 Å². The zero-order chi connectivity index (χ0) is 20.0. The largest absolute Gasteiger partial charge is 0.497 e. The first-order valence-corrected chi connectivity index (χ1v) is 10.4. The van der Waals surface area contributed by atoms with E-state index in [1.807, 2.05) is 24.3 Å². The Balaban J connectivity index is 1.91. The second-order valence-corrected chi connectivity index (χ2v) is 7.62. The summed E-state index contributed by atoms with van der Waals surface area (Å²) in [5.74, 6) is 1.59. The predicted molar refractivity (Wildman–Crippen MR) is 105 cm³/mol. The molecule has 9 heteroatoms. The third kappa shape index (κ3) is 4.47. The molecule has 28 heavy (non-hydrogen) atoms. The Labute approximate surface area is 163 Å². The molecule has 1 aromatic carbocycles. The van der Waals surface area contributed by atoms with E-state index < -0.39 is 7.60 Å². The van der Waals surface area contributed by atoms with Crippen molar-refractivity contribution in [2.45, 2.75) is 20.4 Å². The van der Waals surface area contributed by atoms with Gasteiger partial charge >= 0.3 is 7.60 Å². The van der Waals surface area contributed by atoms with E-state index in [1.54, 1.807) is 33.1 Å². The van der Waals surface area contributed by atoms with Crippen LogP contribution < -0.4 is 15.5 Å². The third-order valence-electron chi connectivity index (χ3n) is 3.81. The molecule has 0 amide bonds. The molecule has 0 bridgehead atoms. The van der Waals surface area contributed by atoms with Gasteiger partial charge < -0.3 is 27.9 Å². The lowest BCUT2D eigenvalue weighted by Crippen LogP contribution is -2.16. The number of ether oxygens (including phenoxy) is 1. The minimum absolute atomic E-state index is 0.0936. The van der Waals surface area contributed by atoms with Gasteiger partial charge in [0, 0.05) is 6.54 Å². The summed E-state index contributed by atoms with van der Waals surface area (Å²) in [6.45, 7) is 4.31. The van der Waals surface area contributed by atoms with Crippen LogP contribution in [0, 0.1) is 0 Å². The molecule has 3 aromatic rings. The van der Waals surface area contributed by atoms with E-state index in [0.29, 0.717) is 12.3 Å². The highest BCUT2D eigenvalue weighted by molar-refractivity contribution is 7.62. The summed E-state index contributed by atoms with van der Waals surface area (Å²) in [5, 5.41) is 3.13. The summed E-state index contributed by atoms with van der Waals surface area (Å²) in [6, 6.07) is 11.0. The highest BCUT2D eigenvalue weighted by Gasteiger charge is 2.36. The molecule has 0 saturated carbocycles. The summed E-state index contributed by atoms with van der Waals surface area (Å²) >= 11 is 0. The Bertz CT molecular complexity index is 911. The monoisotopic (exact) mass is 406 g/mol. The van der Waals surface area contributed by atoms with Gasteiger partial charge in [-0.3, -0.25) is 4.57 Å². The Kier molecular flexibility index (Phi) is 6.57. The van der Waals surface area contributed by atoms with Crippen LogP contribution in [0.2, 0.25) is 0 Å². The summed E-state index contributed by atoms with van der Waals surface area (Å²) < 4.78 is 40.4. The maximum Gasteiger partial charge on any atom is 0.385 e. The summed E-state index contributed by atoms with van der Waals surface area (Å²) in [7, 11) is -2.04. The first-order valence-electron chi connectivity index (χ1n) is 8.90. The Morgan fingerprint density at radius 1 is 1.11 bits per heavy atom. The number of anilines is 1. The van der Waals surface area contributed by atoms with E-state index >= 15 is 0 Å². The van der Waals surface area contributed by atoms with Crippen molar-refractivity contribution in [3.63, 3.8) is 0 Å². The lowest BCUT2D eigenvalue weighted by molar-refractivity contribution is 0.229. The van der Waals surface area contributed by atoms with Gasteiger partial charge in [-0.15, -0.1) is 0 Å². The van der Waals surface area contributed by atoms with E-state index in [-0.39, 0.29) is 30.4 Å². The lowest BCUT2D eigenvalue weighted by atomic mass is 10.2. The molecule has 0 saturated heterocycles. The van der Waals surface area contributed by atoms with Gasteiger partial charge in [-0.05, 0) is 43.7 Å². The van der Waals surface area contributed by atoms with Crippen LogP contribution in [-0.2, 0) is 20.2 Å². The number of nitrogens with one attached hydrogen (secondary N) is 1. The first kappa shape index (κ1) is 20.2. The second-order valence-electron chi connectivity index (χ2n) is 5.68. The lowest BCUT2D eigenvalue weighted by Gasteiger charge is -2.15. The zero-order valence-corrected chi connectivity index (χ0v) is 16.9. The number of nitrogens with zero attached hydrogens (tertiary/aromatic N) is 1. The van der Waals surface area contributed by atoms with Crippen LogP contribution in [0.15, 0.2) is 51.5 Å². The number of methoxy groups -OCH3 is 1. The van der Waals surface area contributed by atoms with Crippen molar-refractivity contribution >= 4 is 18.9 Å². The van der Waals surface area contributed by atoms with E-state index in [2.05, 4.69) is 10.3 Å². The number of hydrogen-bond donors (Lipinski definition) is 1. The fourth-order valence-electron chi connectivity index (χ4n) is 2.54. The van der Waals surface area contributed by atoms with Crippen LogP contribution >= 0.6 is 7.60 Å². The van der Waals surface area contributed by atoms with Crippen molar-refractivity contribution in [1.82, 2.24) is 4.98 Å². The van der Waals surface area contributed by atoms with E-state index in [9.17, 15) is 4.57 Å². The summed E-state index contributed by atoms with van der Waals surface area (Å²) in [4.78, 5) is 4.35. The molecule has 2 aromatic heterocycles. The van der Waals surface area contributed by atoms with Gasteiger partial charge in [0.25, 0.3) is 5.89 Å². The molecular weight excluding hydrogens is 383 g/mol. The van der Waals surface area contributed by atoms with Gasteiger partial charge in [-0.2, -0.15) is 4.98 Å². The van der Waals surface area contributed by atoms with Crippen LogP contribution in [0.5, 0.6) is 5.75 Å². The number of benzene rings is 1. The fraction of sp³-hybridized carbons (Fsp3) is 0.316. The van der Waals surface area contributed by atoms with Crippen LogP contribution in [0.25, 0.3) is 11.7 Å². The molecule has 3 rings (SSSR count). The fourth-order valence-corrected chi connectivity index (χ4v) is 4.13. The van der Waals surface area contributed by atoms with Gasteiger partial charge in [-0.25, -0.2) is 0 Å². The maximum absolute atomic E-state index is 13.3. The van der Waals surface area contributed by atoms with Crippen LogP contribution in [-0.4, -0.2) is 25.3 Å². The highest BCUT2D eigenvalue weighted by atomic mass is 31.2. The average Bonchev–Trinajstić information content (AvgIpc) is 3.37. The van der Waals surface area contributed by atoms with Gasteiger partial charge in [0.2, 0.25) is 11.3 Å². The number of oxazole rings is 1. The van der Waals surface area contributed by atoms with Crippen molar-refractivity contribution < 1.29 is 27.2 Å². The minimum atomic E-state index is -3.65. The average molecular weight is 406 g/mol. The van der Waals surface area contributed by atoms with Crippen molar-refractivity contribution in [1.29, 1.82) is 0 Å². The van der Waals surface area contributed by atoms with Crippen LogP contribution in [0.3, 0.4) is 0 Å². The van der Waals surface area contributed by atoms with Gasteiger partial charge in [0.1, 0.15) is 5.75 Å². The maximum atomic E-state index is 13.3. The zero-order valence-electron chi connectivity index (χ0n) is 16.0. The Hall–Kier alpha value is -2.54. The molecule has 2 heterocycles. The number of furan rings is 1. The van der Waals surface area contributed by atoms with Crippen molar-refractivity contribution in [2.75, 3.05) is 25.6 Å². The molecule has 0 unspecified atom stereocenters. The third-order valence-corrected chi connectivity index (χ3v) is 5.83. The van der Waals surface area contributed by atoms with Crippen LogP contribution in [0.1, 0.15) is 19.4 Å². The highest BCUT2D eigenvalue weighted by Crippen LogP contribution is 2.49. The van der Waals surface area contributed by atoms with Crippen molar-refractivity contribution in [2.24, 2.45) is 0 Å². The molecule has 0 fully saturated rings. The van der Waals surface area contributed by atoms with Crippen LogP contribution in [0.4, 0.5) is 5.88 Å². The van der Waals surface area contributed by atoms with Gasteiger partial charge in [-0.1, -0.05) is 12.1 Å². The Morgan fingerprint density at radius 2 is 1.82 bits per heavy atom. The van der Waals surface area contributed by atoms with E-state index in [0.717, 1.165) is 11.3 Å². The standard InChI is InChI=1S/C19H23N2O6P/c1-4-25-28(22,26-5-2)19-18(27-17(21-19)16-7-6-12-24-16)20-13-14-8-10-15(23-3)11-9-14/h6-12,20H,4-5,13H2,1-3H3. The molecular formula is C19H23N2O6P. The summed E-state index contributed by atoms with van der Waals surface area (Å²) in [5.41, 5.74) is 1.07. The van der Waals surface area contributed by atoms with Gasteiger partial charge in [0.05, 0.1) is 26.6 Å². The number of aromatic nitrogens is 1. The van der Waals surface area contributed by atoms with Gasteiger partial charge in [0.15, 0.2) is 5.76 Å². The molecule has 0 aliphatic rings. The molecule has 0 spiro atoms. The van der Waals surface area contributed by atoms with E-state index in [1.165, 1.54) is 6.26 Å². The molecule has 0 radical (unpaired) electrons. The van der Waals surface area contributed by atoms with Crippen molar-refractivity contribution in [3.05, 3.63) is 48.2 Å². The SMILES string of the molecule is CCOP(=O)(OCC)c1nc(-c2ccco2)oc1NCc1ccc(OC)cc1. The number of hydrogen-bond acceptors (Lipinski definition) is 8. The predicted octanol–water partition coefficient (Wildman–Crippen LogP) is 4.45. The molecule has 0 aliphatic carbocycles. The normalized spacial score (nSPS) is 11.5. The molecule has 1 N–H and O–H groups in total. The second kappa shape index (κ2) is 9.10. The first-order chi connectivity index (χ1) is 13.6. The smallest absolute Gasteiger partial charge is 0.385 e. The molecule has 150 valence electrons. The minimum Gasteiger partial charge on any atom is -0.497 e. The van der Waals surface area contributed by atoms with Crippen molar-refractivity contribution in [3.8, 4) is 17.4 Å². The molecule has 0 atom stereocenters. The Morgan fingerprint density at radius 3 is 2.39 bits per heavy atom. The number of rotatable bonds is 10. The summed E-state index contributed by atoms with van der Waals surface area (Å²) in [6.07, 6.45) is 1.51. The quantitative estimate of drug-likeness (QED) is 0.494. The molecule has 8 nitrogen and oxygen atoms in total.